The molecule has 0 radical (unpaired) electrons. The van der Waals surface area contributed by atoms with E-state index in [-0.39, 0.29) is 23.7 Å². The Balaban J connectivity index is 1.77. The molecule has 1 N–H and O–H groups in total. The minimum absolute atomic E-state index is 0.0308. The average Bonchev–Trinajstić information content (AvgIpc) is 3.45. The summed E-state index contributed by atoms with van der Waals surface area (Å²) >= 11 is 11.9. The molecule has 1 amide bonds. The maximum atomic E-state index is 13.2. The zero-order chi connectivity index (χ0) is 20.5. The van der Waals surface area contributed by atoms with E-state index in [9.17, 15) is 18.0 Å². The number of rotatable bonds is 6. The van der Waals surface area contributed by atoms with Gasteiger partial charge in [-0.05, 0) is 49.6 Å². The van der Waals surface area contributed by atoms with Gasteiger partial charge in [-0.2, -0.15) is 13.2 Å². The zero-order valence-electron chi connectivity index (χ0n) is 15.1. The number of para-hydroxylation sites is 1. The predicted molar refractivity (Wildman–Crippen MR) is 105 cm³/mol. The number of anilines is 1. The smallest absolute Gasteiger partial charge is 0.323 e. The van der Waals surface area contributed by atoms with E-state index in [0.717, 1.165) is 24.5 Å². The van der Waals surface area contributed by atoms with Gasteiger partial charge in [0.1, 0.15) is 0 Å². The molecule has 1 atom stereocenters. The van der Waals surface area contributed by atoms with Crippen LogP contribution in [0.15, 0.2) is 42.5 Å². The molecule has 3 rings (SSSR count). The van der Waals surface area contributed by atoms with Crippen LogP contribution in [0.25, 0.3) is 0 Å². The summed E-state index contributed by atoms with van der Waals surface area (Å²) in [6.07, 6.45) is -2.71. The summed E-state index contributed by atoms with van der Waals surface area (Å²) in [6.45, 7) is 1.93. The van der Waals surface area contributed by atoms with Gasteiger partial charge in [0, 0.05) is 17.1 Å². The van der Waals surface area contributed by atoms with Gasteiger partial charge in [0.15, 0.2) is 0 Å². The minimum Gasteiger partial charge on any atom is -0.323 e. The van der Waals surface area contributed by atoms with E-state index in [2.05, 4.69) is 5.32 Å². The number of amides is 1. The maximum Gasteiger partial charge on any atom is 0.418 e. The van der Waals surface area contributed by atoms with Gasteiger partial charge in [0.2, 0.25) is 5.91 Å². The second-order valence-electron chi connectivity index (χ2n) is 6.84. The molecule has 1 fully saturated rings. The zero-order valence-corrected chi connectivity index (χ0v) is 16.6. The molecule has 0 aromatic heterocycles. The number of carbonyl (C=O) groups is 1. The third-order valence-corrected chi connectivity index (χ3v) is 5.34. The van der Waals surface area contributed by atoms with Gasteiger partial charge >= 0.3 is 6.18 Å². The van der Waals surface area contributed by atoms with E-state index < -0.39 is 23.3 Å². The van der Waals surface area contributed by atoms with Crippen molar-refractivity contribution in [2.24, 2.45) is 0 Å². The Kier molecular flexibility index (Phi) is 6.22. The third-order valence-electron chi connectivity index (χ3n) is 4.78. The highest BCUT2D eigenvalue weighted by Crippen LogP contribution is 2.39. The molecular weight excluding hydrogens is 412 g/mol. The summed E-state index contributed by atoms with van der Waals surface area (Å²) < 4.78 is 39.7. The Morgan fingerprint density at radius 2 is 1.82 bits per heavy atom. The number of hydrogen-bond donors (Lipinski definition) is 1. The largest absolute Gasteiger partial charge is 0.418 e. The molecule has 1 unspecified atom stereocenters. The summed E-state index contributed by atoms with van der Waals surface area (Å²) in [6, 6.07) is 10.9. The van der Waals surface area contributed by atoms with Gasteiger partial charge in [0.25, 0.3) is 0 Å². The highest BCUT2D eigenvalue weighted by Gasteiger charge is 2.36. The summed E-state index contributed by atoms with van der Waals surface area (Å²) in [5, 5.41) is 2.83. The Morgan fingerprint density at radius 1 is 1.18 bits per heavy atom. The SMILES string of the molecule is CC(c1ccc(Cl)cc1)N(CC(=O)Nc1c(Cl)cccc1C(F)(F)F)C1CC1. The molecule has 0 saturated heterocycles. The standard InChI is InChI=1S/C20H19Cl2F3N2O/c1-12(13-5-7-14(21)8-6-13)27(15-9-10-15)11-18(28)26-19-16(20(23,24)25)3-2-4-17(19)22/h2-8,12,15H,9-11H2,1H3,(H,26,28). The first kappa shape index (κ1) is 21.0. The number of hydrogen-bond acceptors (Lipinski definition) is 2. The van der Waals surface area contributed by atoms with Crippen molar-refractivity contribution >= 4 is 34.8 Å². The van der Waals surface area contributed by atoms with Crippen LogP contribution in [-0.4, -0.2) is 23.4 Å². The third kappa shape index (κ3) is 4.99. The van der Waals surface area contributed by atoms with Crippen LogP contribution in [0.3, 0.4) is 0 Å². The lowest BCUT2D eigenvalue weighted by molar-refractivity contribution is -0.137. The van der Waals surface area contributed by atoms with Crippen molar-refractivity contribution < 1.29 is 18.0 Å². The fourth-order valence-electron chi connectivity index (χ4n) is 3.15. The Hall–Kier alpha value is -1.76. The molecule has 1 aliphatic rings. The molecule has 8 heteroatoms. The molecule has 2 aromatic rings. The van der Waals surface area contributed by atoms with Crippen LogP contribution in [0.5, 0.6) is 0 Å². The van der Waals surface area contributed by atoms with Gasteiger partial charge in [0.05, 0.1) is 22.8 Å². The monoisotopic (exact) mass is 430 g/mol. The van der Waals surface area contributed by atoms with Crippen LogP contribution >= 0.6 is 23.2 Å². The summed E-state index contributed by atoms with van der Waals surface area (Å²) in [4.78, 5) is 14.6. The van der Waals surface area contributed by atoms with Crippen molar-refractivity contribution in [2.75, 3.05) is 11.9 Å². The van der Waals surface area contributed by atoms with Crippen LogP contribution in [0.1, 0.15) is 36.9 Å². The van der Waals surface area contributed by atoms with E-state index in [1.165, 1.54) is 12.1 Å². The quantitative estimate of drug-likeness (QED) is 0.593. The van der Waals surface area contributed by atoms with E-state index >= 15 is 0 Å². The Labute approximate surface area is 171 Å². The Morgan fingerprint density at radius 3 is 2.39 bits per heavy atom. The van der Waals surface area contributed by atoms with E-state index in [1.807, 2.05) is 24.0 Å². The molecule has 2 aromatic carbocycles. The lowest BCUT2D eigenvalue weighted by Gasteiger charge is -2.29. The van der Waals surface area contributed by atoms with Crippen molar-refractivity contribution in [1.82, 2.24) is 4.90 Å². The molecule has 0 spiro atoms. The van der Waals surface area contributed by atoms with E-state index in [1.54, 1.807) is 12.1 Å². The number of carbonyl (C=O) groups excluding carboxylic acids is 1. The summed E-state index contributed by atoms with van der Waals surface area (Å²) in [7, 11) is 0. The van der Waals surface area contributed by atoms with Gasteiger partial charge in [-0.3, -0.25) is 9.69 Å². The van der Waals surface area contributed by atoms with Crippen LogP contribution in [0.2, 0.25) is 10.0 Å². The van der Waals surface area contributed by atoms with Crippen LogP contribution < -0.4 is 5.32 Å². The van der Waals surface area contributed by atoms with E-state index in [0.29, 0.717) is 5.02 Å². The highest BCUT2D eigenvalue weighted by atomic mass is 35.5. The first-order valence-corrected chi connectivity index (χ1v) is 9.59. The number of nitrogens with zero attached hydrogens (tertiary/aromatic N) is 1. The average molecular weight is 431 g/mol. The topological polar surface area (TPSA) is 32.3 Å². The predicted octanol–water partition coefficient (Wildman–Crippen LogP) is 6.18. The summed E-state index contributed by atoms with van der Waals surface area (Å²) in [5.41, 5.74) is -0.383. The number of halogens is 5. The van der Waals surface area contributed by atoms with Gasteiger partial charge in [-0.15, -0.1) is 0 Å². The van der Waals surface area contributed by atoms with Gasteiger partial charge in [-0.25, -0.2) is 0 Å². The number of benzene rings is 2. The minimum atomic E-state index is -4.61. The molecule has 3 nitrogen and oxygen atoms in total. The van der Waals surface area contributed by atoms with Crippen molar-refractivity contribution in [3.63, 3.8) is 0 Å². The van der Waals surface area contributed by atoms with Crippen molar-refractivity contribution in [3.8, 4) is 0 Å². The molecule has 28 heavy (non-hydrogen) atoms. The van der Waals surface area contributed by atoms with Crippen LogP contribution in [0.4, 0.5) is 18.9 Å². The highest BCUT2D eigenvalue weighted by molar-refractivity contribution is 6.34. The van der Waals surface area contributed by atoms with Gasteiger partial charge < -0.3 is 5.32 Å². The van der Waals surface area contributed by atoms with Crippen molar-refractivity contribution in [3.05, 3.63) is 63.6 Å². The molecule has 1 aliphatic carbocycles. The molecular formula is C20H19Cl2F3N2O. The molecule has 0 heterocycles. The molecule has 0 aliphatic heterocycles. The van der Waals surface area contributed by atoms with E-state index in [4.69, 9.17) is 23.2 Å². The lowest BCUT2D eigenvalue weighted by atomic mass is 10.1. The lowest BCUT2D eigenvalue weighted by Crippen LogP contribution is -2.37. The first-order chi connectivity index (χ1) is 13.2. The first-order valence-electron chi connectivity index (χ1n) is 8.83. The second kappa shape index (κ2) is 8.31. The fraction of sp³-hybridized carbons (Fsp3) is 0.350. The van der Waals surface area contributed by atoms with Crippen molar-refractivity contribution in [1.29, 1.82) is 0 Å². The van der Waals surface area contributed by atoms with Crippen molar-refractivity contribution in [2.45, 2.75) is 38.0 Å². The Bertz CT molecular complexity index is 852. The van der Waals surface area contributed by atoms with Gasteiger partial charge in [-0.1, -0.05) is 41.4 Å². The van der Waals surface area contributed by atoms with Crippen LogP contribution in [0, 0.1) is 0 Å². The normalized spacial score (nSPS) is 15.5. The molecule has 150 valence electrons. The van der Waals surface area contributed by atoms with Crippen LogP contribution in [-0.2, 0) is 11.0 Å². The number of nitrogens with one attached hydrogen (secondary N) is 1. The second-order valence-corrected chi connectivity index (χ2v) is 7.68. The summed E-state index contributed by atoms with van der Waals surface area (Å²) in [5.74, 6) is -0.536. The molecule has 1 saturated carbocycles. The number of alkyl halides is 3. The maximum absolute atomic E-state index is 13.2. The fourth-order valence-corrected chi connectivity index (χ4v) is 3.50. The molecule has 0 bridgehead atoms.